The largest absolute Gasteiger partial charge is 0.493 e. The van der Waals surface area contributed by atoms with Crippen molar-refractivity contribution in [2.24, 2.45) is 17.1 Å². The molecule has 2 atom stereocenters. The number of para-hydroxylation sites is 1. The zero-order valence-electron chi connectivity index (χ0n) is 17.6. The molecule has 0 fully saturated rings. The summed E-state index contributed by atoms with van der Waals surface area (Å²) in [6.45, 7) is 5.47. The molecule has 2 N–H and O–H groups in total. The summed E-state index contributed by atoms with van der Waals surface area (Å²) in [7, 11) is 3.07. The van der Waals surface area contributed by atoms with Crippen molar-refractivity contribution in [2.75, 3.05) is 27.3 Å². The van der Waals surface area contributed by atoms with Crippen molar-refractivity contribution in [3.63, 3.8) is 0 Å². The Labute approximate surface area is 177 Å². The Bertz CT molecular complexity index is 1020. The van der Waals surface area contributed by atoms with Crippen LogP contribution in [0, 0.1) is 45.3 Å². The van der Waals surface area contributed by atoms with Gasteiger partial charge in [0.15, 0.2) is 16.9 Å². The van der Waals surface area contributed by atoms with Crippen molar-refractivity contribution < 1.29 is 9.47 Å². The number of methoxy groups -OCH3 is 2. The molecule has 0 radical (unpaired) electrons. The van der Waals surface area contributed by atoms with Crippen LogP contribution >= 0.6 is 0 Å². The molecular formula is C23H25N5O2. The van der Waals surface area contributed by atoms with E-state index in [1.54, 1.807) is 13.2 Å². The van der Waals surface area contributed by atoms with Gasteiger partial charge in [0.25, 0.3) is 0 Å². The summed E-state index contributed by atoms with van der Waals surface area (Å²) >= 11 is 0. The maximum absolute atomic E-state index is 10.2. The second-order valence-corrected chi connectivity index (χ2v) is 7.81. The molecule has 0 saturated carbocycles. The van der Waals surface area contributed by atoms with Crippen LogP contribution in [0.15, 0.2) is 41.1 Å². The molecule has 1 aliphatic heterocycles. The van der Waals surface area contributed by atoms with Gasteiger partial charge in [0, 0.05) is 36.5 Å². The van der Waals surface area contributed by atoms with E-state index >= 15 is 0 Å². The summed E-state index contributed by atoms with van der Waals surface area (Å²) in [4.78, 5) is 2.25. The molecule has 30 heavy (non-hydrogen) atoms. The number of allylic oxidation sites excluding steroid dienone is 2. The smallest absolute Gasteiger partial charge is 0.191 e. The van der Waals surface area contributed by atoms with Crippen LogP contribution in [0.3, 0.4) is 0 Å². The second-order valence-electron chi connectivity index (χ2n) is 7.81. The molecule has 0 saturated heterocycles. The van der Waals surface area contributed by atoms with Crippen LogP contribution in [0.2, 0.25) is 0 Å². The first-order chi connectivity index (χ1) is 14.4. The van der Waals surface area contributed by atoms with Crippen LogP contribution in [-0.4, -0.2) is 38.3 Å². The van der Waals surface area contributed by atoms with Crippen LogP contribution in [0.4, 0.5) is 0 Å². The van der Waals surface area contributed by atoms with E-state index < -0.39 is 11.3 Å². The van der Waals surface area contributed by atoms with E-state index in [4.69, 9.17) is 15.2 Å². The number of ether oxygens (including phenoxy) is 2. The number of nitrogens with two attached hydrogens (primary N) is 1. The molecule has 0 spiro atoms. The standard InChI is InChI=1S/C23H25N5O2/c1-14(2)28-9-8-15-17(10-24)22(27)23(12-25,13-26)20(18(15)11-28)16-6-5-7-19(29-3)21(16)30-4/h5-8,14,18,20H,9,11,27H2,1-4H3/t18-,20-/m1/s1. The SMILES string of the molecule is COc1cccc([C@@H]2[C@@H]3CN(C(C)C)CC=C3C(C#N)=C(N)C2(C#N)C#N)c1OC. The Morgan fingerprint density at radius 3 is 2.40 bits per heavy atom. The van der Waals surface area contributed by atoms with E-state index in [0.717, 1.165) is 5.57 Å². The van der Waals surface area contributed by atoms with Crippen LogP contribution in [0.1, 0.15) is 25.3 Å². The zero-order chi connectivity index (χ0) is 22.1. The quantitative estimate of drug-likeness (QED) is 0.821. The Morgan fingerprint density at radius 1 is 1.17 bits per heavy atom. The molecule has 1 aromatic carbocycles. The average molecular weight is 403 g/mol. The number of fused-ring (bicyclic) bond motifs is 1. The highest BCUT2D eigenvalue weighted by Crippen LogP contribution is 2.56. The van der Waals surface area contributed by atoms with Gasteiger partial charge in [-0.15, -0.1) is 0 Å². The Morgan fingerprint density at radius 2 is 1.87 bits per heavy atom. The van der Waals surface area contributed by atoms with Crippen LogP contribution < -0.4 is 15.2 Å². The maximum Gasteiger partial charge on any atom is 0.191 e. The molecule has 2 aliphatic rings. The lowest BCUT2D eigenvalue weighted by atomic mass is 9.58. The third-order valence-electron chi connectivity index (χ3n) is 6.19. The highest BCUT2D eigenvalue weighted by Gasteiger charge is 2.55. The summed E-state index contributed by atoms with van der Waals surface area (Å²) in [6, 6.07) is 12.2. The van der Waals surface area contributed by atoms with Crippen molar-refractivity contribution in [1.29, 1.82) is 15.8 Å². The Balaban J connectivity index is 2.37. The van der Waals surface area contributed by atoms with E-state index in [9.17, 15) is 15.8 Å². The molecule has 154 valence electrons. The summed E-state index contributed by atoms with van der Waals surface area (Å²) in [6.07, 6.45) is 2.00. The maximum atomic E-state index is 10.2. The molecule has 0 aromatic heterocycles. The van der Waals surface area contributed by atoms with E-state index in [-0.39, 0.29) is 23.2 Å². The van der Waals surface area contributed by atoms with E-state index in [2.05, 4.69) is 37.0 Å². The molecule has 0 unspecified atom stereocenters. The van der Waals surface area contributed by atoms with E-state index in [1.165, 1.54) is 7.11 Å². The molecule has 3 rings (SSSR count). The third-order valence-corrected chi connectivity index (χ3v) is 6.19. The summed E-state index contributed by atoms with van der Waals surface area (Å²) in [5, 5.41) is 30.3. The third kappa shape index (κ3) is 2.98. The summed E-state index contributed by atoms with van der Waals surface area (Å²) < 4.78 is 11.1. The van der Waals surface area contributed by atoms with Gasteiger partial charge < -0.3 is 15.2 Å². The molecule has 0 bridgehead atoms. The summed E-state index contributed by atoms with van der Waals surface area (Å²) in [5.41, 5.74) is 6.37. The van der Waals surface area contributed by atoms with Gasteiger partial charge in [-0.2, -0.15) is 15.8 Å². The highest BCUT2D eigenvalue weighted by atomic mass is 16.5. The minimum Gasteiger partial charge on any atom is -0.493 e. The lowest BCUT2D eigenvalue weighted by Gasteiger charge is -2.46. The topological polar surface area (TPSA) is 119 Å². The molecule has 1 aliphatic carbocycles. The average Bonchev–Trinajstić information content (AvgIpc) is 2.77. The van der Waals surface area contributed by atoms with Crippen molar-refractivity contribution in [2.45, 2.75) is 25.8 Å². The predicted molar refractivity (Wildman–Crippen MR) is 111 cm³/mol. The fourth-order valence-corrected chi connectivity index (χ4v) is 4.62. The zero-order valence-corrected chi connectivity index (χ0v) is 17.6. The number of hydrogen-bond acceptors (Lipinski definition) is 7. The lowest BCUT2D eigenvalue weighted by molar-refractivity contribution is 0.172. The monoisotopic (exact) mass is 403 g/mol. The molecule has 1 aromatic rings. The highest BCUT2D eigenvalue weighted by molar-refractivity contribution is 5.62. The minimum atomic E-state index is -1.70. The molecule has 0 amide bonds. The number of rotatable bonds is 4. The van der Waals surface area contributed by atoms with E-state index in [0.29, 0.717) is 30.2 Å². The van der Waals surface area contributed by atoms with Crippen LogP contribution in [-0.2, 0) is 0 Å². The molecule has 7 nitrogen and oxygen atoms in total. The van der Waals surface area contributed by atoms with Gasteiger partial charge in [0.05, 0.1) is 37.6 Å². The molecular weight excluding hydrogens is 378 g/mol. The van der Waals surface area contributed by atoms with Gasteiger partial charge in [-0.3, -0.25) is 4.90 Å². The van der Waals surface area contributed by atoms with Crippen LogP contribution in [0.5, 0.6) is 11.5 Å². The van der Waals surface area contributed by atoms with Gasteiger partial charge in [0.1, 0.15) is 6.07 Å². The summed E-state index contributed by atoms with van der Waals surface area (Å²) in [5.74, 6) is 0.0791. The van der Waals surface area contributed by atoms with Crippen molar-refractivity contribution in [1.82, 2.24) is 4.90 Å². The second kappa shape index (κ2) is 8.11. The number of nitriles is 3. The fourth-order valence-electron chi connectivity index (χ4n) is 4.62. The van der Waals surface area contributed by atoms with Crippen molar-refractivity contribution in [3.05, 3.63) is 46.7 Å². The Hall–Kier alpha value is -3.47. The first kappa shape index (κ1) is 21.2. The van der Waals surface area contributed by atoms with Gasteiger partial charge in [-0.25, -0.2) is 0 Å². The molecule has 7 heteroatoms. The number of nitrogens with zero attached hydrogens (tertiary/aromatic N) is 4. The van der Waals surface area contributed by atoms with Gasteiger partial charge in [-0.05, 0) is 25.5 Å². The van der Waals surface area contributed by atoms with Gasteiger partial charge in [0.2, 0.25) is 0 Å². The van der Waals surface area contributed by atoms with E-state index in [1.807, 2.05) is 18.2 Å². The Kier molecular flexibility index (Phi) is 5.74. The molecule has 1 heterocycles. The van der Waals surface area contributed by atoms with Gasteiger partial charge in [-0.1, -0.05) is 18.2 Å². The first-order valence-electron chi connectivity index (χ1n) is 9.78. The van der Waals surface area contributed by atoms with Crippen LogP contribution in [0.25, 0.3) is 0 Å². The lowest BCUT2D eigenvalue weighted by Crippen LogP contribution is -2.49. The number of benzene rings is 1. The van der Waals surface area contributed by atoms with Gasteiger partial charge >= 0.3 is 0 Å². The van der Waals surface area contributed by atoms with Crippen molar-refractivity contribution in [3.8, 4) is 29.7 Å². The first-order valence-corrected chi connectivity index (χ1v) is 9.78. The fraction of sp³-hybridized carbons (Fsp3) is 0.435. The van der Waals surface area contributed by atoms with Crippen molar-refractivity contribution >= 4 is 0 Å². The predicted octanol–water partition coefficient (Wildman–Crippen LogP) is 2.84. The number of hydrogen-bond donors (Lipinski definition) is 1. The minimum absolute atomic E-state index is 0.00497. The normalized spacial score (nSPS) is 22.9.